The molecule has 5 rings (SSSR count). The zero-order chi connectivity index (χ0) is 24.0. The molecule has 0 atom stereocenters. The van der Waals surface area contributed by atoms with Gasteiger partial charge >= 0.3 is 11.9 Å². The Labute approximate surface area is 191 Å². The third-order valence-corrected chi connectivity index (χ3v) is 5.39. The van der Waals surface area contributed by atoms with Crippen LogP contribution in [0.4, 0.5) is 0 Å². The maximum atomic E-state index is 12.2. The number of fused-ring (bicyclic) bond motifs is 8. The van der Waals surface area contributed by atoms with Crippen LogP contribution < -0.4 is 4.74 Å². The van der Waals surface area contributed by atoms with Gasteiger partial charge in [-0.05, 0) is 42.5 Å². The summed E-state index contributed by atoms with van der Waals surface area (Å²) < 4.78 is 11.0. The van der Waals surface area contributed by atoms with E-state index in [1.807, 2.05) is 18.2 Å². The third-order valence-electron chi connectivity index (χ3n) is 5.39. The van der Waals surface area contributed by atoms with Gasteiger partial charge in [0.25, 0.3) is 0 Å². The van der Waals surface area contributed by atoms with Crippen molar-refractivity contribution in [2.75, 3.05) is 14.2 Å². The van der Waals surface area contributed by atoms with Gasteiger partial charge < -0.3 is 29.7 Å². The summed E-state index contributed by atoms with van der Waals surface area (Å²) in [5, 5.41) is 19.8. The molecule has 0 saturated carbocycles. The molecule has 2 aliphatic heterocycles. The molecule has 0 amide bonds. The average Bonchev–Trinajstić information content (AvgIpc) is 3.56. The highest BCUT2D eigenvalue weighted by Crippen LogP contribution is 2.35. The van der Waals surface area contributed by atoms with E-state index < -0.39 is 23.1 Å². The van der Waals surface area contributed by atoms with Crippen LogP contribution in [0.1, 0.15) is 43.5 Å². The van der Waals surface area contributed by atoms with Crippen molar-refractivity contribution in [3.8, 4) is 5.75 Å². The van der Waals surface area contributed by atoms with Crippen LogP contribution in [0.25, 0.3) is 46.1 Å². The van der Waals surface area contributed by atoms with Crippen LogP contribution in [-0.4, -0.2) is 56.3 Å². The van der Waals surface area contributed by atoms with E-state index in [1.54, 1.807) is 24.3 Å². The van der Waals surface area contributed by atoms with Crippen molar-refractivity contribution >= 4 is 58.0 Å². The van der Waals surface area contributed by atoms with E-state index in [-0.39, 0.29) is 22.5 Å². The Morgan fingerprint density at radius 1 is 0.824 bits per heavy atom. The molecule has 8 bridgehead atoms. The Bertz CT molecular complexity index is 1590. The second kappa shape index (κ2) is 7.93. The normalized spacial score (nSPS) is 12.4. The number of rotatable bonds is 4. The summed E-state index contributed by atoms with van der Waals surface area (Å²) in [4.78, 5) is 39.5. The van der Waals surface area contributed by atoms with E-state index >= 15 is 0 Å². The van der Waals surface area contributed by atoms with Gasteiger partial charge in [0.05, 0.1) is 47.9 Å². The quantitative estimate of drug-likeness (QED) is 0.358. The molecule has 0 radical (unpaired) electrons. The lowest BCUT2D eigenvalue weighted by Gasteiger charge is -2.06. The third kappa shape index (κ3) is 3.47. The average molecular weight is 458 g/mol. The van der Waals surface area contributed by atoms with Crippen LogP contribution in [0, 0.1) is 0 Å². The summed E-state index contributed by atoms with van der Waals surface area (Å²) in [6.07, 6.45) is 5.16. The first-order valence-electron chi connectivity index (χ1n) is 10.1. The lowest BCUT2D eigenvalue weighted by Crippen LogP contribution is -2.06. The fraction of sp³-hybridized carbons (Fsp3) is 0.0833. The number of nitrogens with one attached hydrogen (secondary N) is 2. The molecule has 0 aliphatic carbocycles. The van der Waals surface area contributed by atoms with Crippen molar-refractivity contribution in [3.63, 3.8) is 0 Å². The molecule has 2 aliphatic rings. The van der Waals surface area contributed by atoms with Crippen LogP contribution in [0.2, 0.25) is 0 Å². The summed E-state index contributed by atoms with van der Waals surface area (Å²) in [5.74, 6) is -2.48. The SMILES string of the molecule is COC1=Cc2cc3ccc(cc4nc(cc5[nH]c(c(OC)c1n2)c(C(=O)O)c5C(=O)O)C=C4)[nH]3. The molecule has 34 heavy (non-hydrogen) atoms. The highest BCUT2D eigenvalue weighted by molar-refractivity contribution is 6.13. The summed E-state index contributed by atoms with van der Waals surface area (Å²) in [7, 11) is 2.80. The molecular weight excluding hydrogens is 440 g/mol. The highest BCUT2D eigenvalue weighted by atomic mass is 16.5. The molecular formula is C24H18N4O6. The van der Waals surface area contributed by atoms with Gasteiger partial charge in [0.1, 0.15) is 11.3 Å². The fourth-order valence-electron chi connectivity index (χ4n) is 3.98. The first-order chi connectivity index (χ1) is 16.4. The van der Waals surface area contributed by atoms with Crippen molar-refractivity contribution in [1.82, 2.24) is 19.9 Å². The van der Waals surface area contributed by atoms with E-state index in [4.69, 9.17) is 9.47 Å². The number of aromatic amines is 2. The first kappa shape index (κ1) is 21.0. The first-order valence-corrected chi connectivity index (χ1v) is 10.1. The lowest BCUT2D eigenvalue weighted by atomic mass is 10.1. The summed E-state index contributed by atoms with van der Waals surface area (Å²) in [5.41, 5.74) is 2.59. The number of aromatic carboxylic acids is 2. The number of H-pyrrole nitrogens is 2. The number of carboxylic acid groups (broad SMARTS) is 2. The van der Waals surface area contributed by atoms with Gasteiger partial charge in [-0.3, -0.25) is 0 Å². The lowest BCUT2D eigenvalue weighted by molar-refractivity contribution is 0.0655. The minimum Gasteiger partial charge on any atom is -0.494 e. The smallest absolute Gasteiger partial charge is 0.338 e. The Balaban J connectivity index is 2.02. The number of hydrogen-bond donors (Lipinski definition) is 4. The summed E-state index contributed by atoms with van der Waals surface area (Å²) >= 11 is 0. The van der Waals surface area contributed by atoms with E-state index in [0.29, 0.717) is 22.8 Å². The predicted octanol–water partition coefficient (Wildman–Crippen LogP) is 4.03. The monoisotopic (exact) mass is 458 g/mol. The Kier molecular flexibility index (Phi) is 4.90. The molecule has 4 N–H and O–H groups in total. The number of carboxylic acids is 2. The van der Waals surface area contributed by atoms with Crippen LogP contribution in [0.15, 0.2) is 30.3 Å². The number of carbonyl (C=O) groups is 2. The minimum atomic E-state index is -1.43. The van der Waals surface area contributed by atoms with Crippen LogP contribution in [-0.2, 0) is 4.74 Å². The van der Waals surface area contributed by atoms with Crippen molar-refractivity contribution in [1.29, 1.82) is 0 Å². The molecule has 0 fully saturated rings. The standard InChI is InChI=1S/C24H18N4O6/c1-33-17-10-15-8-13-4-3-11(25-13)7-12-5-6-14(26-12)9-16-18(23(29)30)19(24(31)32)21(28-16)22(34-2)20(17)27-15/h3-10,25,28H,1-2H3,(H,29,30)(H,31,32). The Morgan fingerprint density at radius 3 is 2.09 bits per heavy atom. The maximum absolute atomic E-state index is 12.2. The number of aromatic nitrogens is 4. The number of hydrogen-bond acceptors (Lipinski definition) is 6. The van der Waals surface area contributed by atoms with Crippen LogP contribution in [0.3, 0.4) is 0 Å². The van der Waals surface area contributed by atoms with Gasteiger partial charge in [0.15, 0.2) is 11.5 Å². The van der Waals surface area contributed by atoms with Crippen molar-refractivity contribution < 1.29 is 29.3 Å². The van der Waals surface area contributed by atoms with E-state index in [0.717, 1.165) is 11.0 Å². The zero-order valence-electron chi connectivity index (χ0n) is 18.0. The molecule has 0 unspecified atom stereocenters. The fourth-order valence-corrected chi connectivity index (χ4v) is 3.98. The Hall–Kier alpha value is -4.86. The summed E-state index contributed by atoms with van der Waals surface area (Å²) in [6, 6.07) is 8.89. The minimum absolute atomic E-state index is 0.0276. The van der Waals surface area contributed by atoms with Gasteiger partial charge in [-0.2, -0.15) is 0 Å². The molecule has 0 saturated heterocycles. The second-order valence-corrected chi connectivity index (χ2v) is 7.50. The van der Waals surface area contributed by atoms with E-state index in [1.165, 1.54) is 20.3 Å². The molecule has 0 spiro atoms. The van der Waals surface area contributed by atoms with Crippen molar-refractivity contribution in [2.24, 2.45) is 0 Å². The maximum Gasteiger partial charge on any atom is 0.338 e. The number of methoxy groups -OCH3 is 2. The van der Waals surface area contributed by atoms with Gasteiger partial charge in [0, 0.05) is 17.1 Å². The number of nitrogens with zero attached hydrogens (tertiary/aromatic N) is 2. The molecule has 3 aromatic rings. The molecule has 5 heterocycles. The topological polar surface area (TPSA) is 150 Å². The highest BCUT2D eigenvalue weighted by Gasteiger charge is 2.28. The molecule has 10 nitrogen and oxygen atoms in total. The van der Waals surface area contributed by atoms with Gasteiger partial charge in [-0.1, -0.05) is 0 Å². The van der Waals surface area contributed by atoms with Gasteiger partial charge in [0.2, 0.25) is 0 Å². The Morgan fingerprint density at radius 2 is 1.47 bits per heavy atom. The van der Waals surface area contributed by atoms with Crippen molar-refractivity contribution in [3.05, 3.63) is 64.2 Å². The van der Waals surface area contributed by atoms with Gasteiger partial charge in [-0.15, -0.1) is 0 Å². The molecule has 0 aromatic carbocycles. The van der Waals surface area contributed by atoms with Gasteiger partial charge in [-0.25, -0.2) is 19.6 Å². The van der Waals surface area contributed by atoms with E-state index in [9.17, 15) is 19.8 Å². The molecule has 10 heteroatoms. The summed E-state index contributed by atoms with van der Waals surface area (Å²) in [6.45, 7) is 0. The predicted molar refractivity (Wildman–Crippen MR) is 125 cm³/mol. The largest absolute Gasteiger partial charge is 0.494 e. The second-order valence-electron chi connectivity index (χ2n) is 7.50. The zero-order valence-corrected chi connectivity index (χ0v) is 18.0. The van der Waals surface area contributed by atoms with Crippen molar-refractivity contribution in [2.45, 2.75) is 0 Å². The molecule has 170 valence electrons. The van der Waals surface area contributed by atoms with E-state index in [2.05, 4.69) is 19.9 Å². The van der Waals surface area contributed by atoms with Crippen LogP contribution in [0.5, 0.6) is 5.75 Å². The van der Waals surface area contributed by atoms with Crippen LogP contribution >= 0.6 is 0 Å². The number of ether oxygens (including phenoxy) is 2. The molecule has 3 aromatic heterocycles.